The molecule has 0 spiro atoms. The minimum atomic E-state index is 0.734. The Morgan fingerprint density at radius 2 is 2.00 bits per heavy atom. The highest BCUT2D eigenvalue weighted by atomic mass is 16.4. The van der Waals surface area contributed by atoms with Gasteiger partial charge in [-0.05, 0) is 30.7 Å². The van der Waals surface area contributed by atoms with Crippen LogP contribution in [0.5, 0.6) is 0 Å². The van der Waals surface area contributed by atoms with Gasteiger partial charge in [0.05, 0.1) is 0 Å². The first kappa shape index (κ1) is 15.9. The van der Waals surface area contributed by atoms with Crippen molar-refractivity contribution >= 4 is 22.9 Å². The molecular formula is C19H23N5O. The molecule has 3 heterocycles. The summed E-state index contributed by atoms with van der Waals surface area (Å²) in [6, 6.07) is 11.0. The van der Waals surface area contributed by atoms with Gasteiger partial charge < -0.3 is 14.6 Å². The quantitative estimate of drug-likeness (QED) is 0.790. The molecule has 0 atom stereocenters. The molecule has 1 aromatic carbocycles. The number of aryl methyl sites for hydroxylation is 1. The molecule has 1 aliphatic rings. The third-order valence-corrected chi connectivity index (χ3v) is 4.70. The molecule has 0 bridgehead atoms. The molecule has 0 saturated carbocycles. The number of nitrogens with zero attached hydrogens (tertiary/aromatic N) is 4. The van der Waals surface area contributed by atoms with Crippen LogP contribution in [0.1, 0.15) is 11.1 Å². The van der Waals surface area contributed by atoms with E-state index >= 15 is 0 Å². The molecule has 0 amide bonds. The topological polar surface area (TPSA) is 57.4 Å². The van der Waals surface area contributed by atoms with E-state index in [9.17, 15) is 0 Å². The summed E-state index contributed by atoms with van der Waals surface area (Å²) in [7, 11) is 1.92. The molecule has 4 rings (SSSR count). The van der Waals surface area contributed by atoms with Crippen LogP contribution in [0.3, 0.4) is 0 Å². The Hall–Kier alpha value is -2.60. The first-order valence-corrected chi connectivity index (χ1v) is 8.69. The van der Waals surface area contributed by atoms with Gasteiger partial charge in [-0.2, -0.15) is 4.98 Å². The van der Waals surface area contributed by atoms with Crippen molar-refractivity contribution in [3.63, 3.8) is 0 Å². The number of hydrogen-bond acceptors (Lipinski definition) is 6. The van der Waals surface area contributed by atoms with Gasteiger partial charge in [-0.15, -0.1) is 0 Å². The summed E-state index contributed by atoms with van der Waals surface area (Å²) in [4.78, 5) is 13.7. The van der Waals surface area contributed by atoms with Crippen LogP contribution in [0.2, 0.25) is 0 Å². The van der Waals surface area contributed by atoms with Crippen LogP contribution in [0, 0.1) is 6.92 Å². The number of nitrogens with one attached hydrogen (secondary N) is 1. The molecule has 1 saturated heterocycles. The van der Waals surface area contributed by atoms with Gasteiger partial charge >= 0.3 is 0 Å². The van der Waals surface area contributed by atoms with Gasteiger partial charge in [0, 0.05) is 51.5 Å². The van der Waals surface area contributed by atoms with Crippen molar-refractivity contribution < 1.29 is 4.42 Å². The van der Waals surface area contributed by atoms with Gasteiger partial charge in [-0.25, -0.2) is 4.98 Å². The van der Waals surface area contributed by atoms with Crippen LogP contribution in [-0.2, 0) is 6.54 Å². The van der Waals surface area contributed by atoms with Crippen molar-refractivity contribution in [2.24, 2.45) is 0 Å². The van der Waals surface area contributed by atoms with Crippen LogP contribution in [0.25, 0.3) is 11.1 Å². The van der Waals surface area contributed by atoms with E-state index in [0.29, 0.717) is 0 Å². The van der Waals surface area contributed by atoms with Crippen molar-refractivity contribution in [2.75, 3.05) is 43.4 Å². The number of fused-ring (bicyclic) bond motifs is 1. The summed E-state index contributed by atoms with van der Waals surface area (Å²) < 4.78 is 5.93. The number of anilines is 2. The minimum absolute atomic E-state index is 0.734. The molecule has 130 valence electrons. The van der Waals surface area contributed by atoms with E-state index < -0.39 is 0 Å². The van der Waals surface area contributed by atoms with Crippen molar-refractivity contribution in [2.45, 2.75) is 13.5 Å². The SMILES string of the molecule is CNc1ncccc1CN1CCN(c2nc3cc(C)ccc3o2)CC1. The standard InChI is InChI=1S/C19H23N5O/c1-14-5-6-17-16(12-14)22-19(25-17)24-10-8-23(9-11-24)13-15-4-3-7-21-18(15)20-2/h3-7,12H,8-11,13H2,1-2H3,(H,20,21). The summed E-state index contributed by atoms with van der Waals surface area (Å²) >= 11 is 0. The van der Waals surface area contributed by atoms with Crippen molar-refractivity contribution in [3.05, 3.63) is 47.7 Å². The van der Waals surface area contributed by atoms with Crippen LogP contribution < -0.4 is 10.2 Å². The maximum absolute atomic E-state index is 5.93. The predicted octanol–water partition coefficient (Wildman–Crippen LogP) is 2.90. The highest BCUT2D eigenvalue weighted by Crippen LogP contribution is 2.24. The lowest BCUT2D eigenvalue weighted by Crippen LogP contribution is -2.46. The highest BCUT2D eigenvalue weighted by Gasteiger charge is 2.21. The Morgan fingerprint density at radius 3 is 2.80 bits per heavy atom. The molecule has 3 aromatic rings. The maximum atomic E-state index is 5.93. The van der Waals surface area contributed by atoms with Crippen molar-refractivity contribution in [1.29, 1.82) is 0 Å². The lowest BCUT2D eigenvalue weighted by Gasteiger charge is -2.34. The smallest absolute Gasteiger partial charge is 0.298 e. The number of hydrogen-bond donors (Lipinski definition) is 1. The molecular weight excluding hydrogens is 314 g/mol. The van der Waals surface area contributed by atoms with E-state index in [1.54, 1.807) is 0 Å². The van der Waals surface area contributed by atoms with Gasteiger partial charge in [-0.3, -0.25) is 4.90 Å². The molecule has 0 aliphatic carbocycles. The van der Waals surface area contributed by atoms with Crippen molar-refractivity contribution in [1.82, 2.24) is 14.9 Å². The zero-order valence-electron chi connectivity index (χ0n) is 14.7. The number of piperazine rings is 1. The fourth-order valence-electron chi connectivity index (χ4n) is 3.29. The third kappa shape index (κ3) is 3.30. The van der Waals surface area contributed by atoms with E-state index in [-0.39, 0.29) is 0 Å². The summed E-state index contributed by atoms with van der Waals surface area (Å²) in [5.74, 6) is 0.958. The second-order valence-corrected chi connectivity index (χ2v) is 6.49. The van der Waals surface area contributed by atoms with Crippen LogP contribution in [0.15, 0.2) is 40.9 Å². The molecule has 1 fully saturated rings. The third-order valence-electron chi connectivity index (χ3n) is 4.70. The summed E-state index contributed by atoms with van der Waals surface area (Å²) in [6.07, 6.45) is 1.82. The van der Waals surface area contributed by atoms with E-state index in [2.05, 4.69) is 50.2 Å². The van der Waals surface area contributed by atoms with E-state index in [1.807, 2.05) is 25.4 Å². The summed E-state index contributed by atoms with van der Waals surface area (Å²) in [5, 5.41) is 3.17. The largest absolute Gasteiger partial charge is 0.423 e. The van der Waals surface area contributed by atoms with E-state index in [0.717, 1.165) is 55.7 Å². The normalized spacial score (nSPS) is 15.7. The number of oxazole rings is 1. The Balaban J connectivity index is 1.42. The fourth-order valence-corrected chi connectivity index (χ4v) is 3.29. The lowest BCUT2D eigenvalue weighted by molar-refractivity contribution is 0.246. The minimum Gasteiger partial charge on any atom is -0.423 e. The molecule has 6 heteroatoms. The van der Waals surface area contributed by atoms with Gasteiger partial charge in [0.1, 0.15) is 11.3 Å². The van der Waals surface area contributed by atoms with Gasteiger partial charge in [0.2, 0.25) is 0 Å². The van der Waals surface area contributed by atoms with Gasteiger partial charge in [-0.1, -0.05) is 12.1 Å². The van der Waals surface area contributed by atoms with Crippen LogP contribution in [-0.4, -0.2) is 48.1 Å². The molecule has 6 nitrogen and oxygen atoms in total. The average molecular weight is 337 g/mol. The fraction of sp³-hybridized carbons (Fsp3) is 0.368. The van der Waals surface area contributed by atoms with Crippen LogP contribution in [0.4, 0.5) is 11.8 Å². The number of aromatic nitrogens is 2. The molecule has 1 N–H and O–H groups in total. The summed E-state index contributed by atoms with van der Waals surface area (Å²) in [5.41, 5.74) is 4.23. The van der Waals surface area contributed by atoms with E-state index in [4.69, 9.17) is 4.42 Å². The van der Waals surface area contributed by atoms with Gasteiger partial charge in [0.15, 0.2) is 5.58 Å². The van der Waals surface area contributed by atoms with Gasteiger partial charge in [0.25, 0.3) is 6.01 Å². The Bertz CT molecular complexity index is 867. The second-order valence-electron chi connectivity index (χ2n) is 6.49. The Morgan fingerprint density at radius 1 is 1.16 bits per heavy atom. The Labute approximate surface area is 147 Å². The lowest BCUT2D eigenvalue weighted by atomic mass is 10.2. The van der Waals surface area contributed by atoms with Crippen LogP contribution >= 0.6 is 0 Å². The number of rotatable bonds is 4. The Kier molecular flexibility index (Phi) is 4.28. The number of benzene rings is 1. The maximum Gasteiger partial charge on any atom is 0.298 e. The molecule has 2 aromatic heterocycles. The highest BCUT2D eigenvalue weighted by molar-refractivity contribution is 5.75. The van der Waals surface area contributed by atoms with Crippen molar-refractivity contribution in [3.8, 4) is 0 Å². The zero-order valence-corrected chi connectivity index (χ0v) is 14.7. The first-order chi connectivity index (χ1) is 12.2. The predicted molar refractivity (Wildman–Crippen MR) is 100 cm³/mol. The zero-order chi connectivity index (χ0) is 17.2. The molecule has 0 unspecified atom stereocenters. The monoisotopic (exact) mass is 337 g/mol. The molecule has 1 aliphatic heterocycles. The second kappa shape index (κ2) is 6.72. The average Bonchev–Trinajstić information content (AvgIpc) is 3.06. The van der Waals surface area contributed by atoms with E-state index in [1.165, 1.54) is 11.1 Å². The first-order valence-electron chi connectivity index (χ1n) is 8.69. The molecule has 0 radical (unpaired) electrons. The number of pyridine rings is 1. The summed E-state index contributed by atoms with van der Waals surface area (Å²) in [6.45, 7) is 6.78. The molecule has 25 heavy (non-hydrogen) atoms.